The molecule has 1 saturated carbocycles. The van der Waals surface area contributed by atoms with Gasteiger partial charge in [-0.1, -0.05) is 19.8 Å². The zero-order valence-corrected chi connectivity index (χ0v) is 19.9. The number of amides is 1. The zero-order chi connectivity index (χ0) is 19.0. The smallest absolute Gasteiger partial charge is 0.230 e. The first-order chi connectivity index (χ1) is 12.5. The third kappa shape index (κ3) is 7.05. The molecule has 0 spiro atoms. The Kier molecular flexibility index (Phi) is 10.9. The number of rotatable bonds is 7. The van der Waals surface area contributed by atoms with Crippen molar-refractivity contribution in [1.82, 2.24) is 25.3 Å². The van der Waals surface area contributed by atoms with E-state index in [1.165, 1.54) is 13.1 Å². The highest BCUT2D eigenvalue weighted by atomic mass is 127. The standard InChI is InChI=1S/C19H38N6O.HI/c1-5-24-12-14-25(15-13-24)11-10-21-18(20-2)22-16-19(8-6-7-9-19)17(26)23(3)4;/h5-16H2,1-4H3,(H2,20,21,22);1H. The van der Waals surface area contributed by atoms with E-state index in [2.05, 4.69) is 32.3 Å². The molecule has 0 atom stereocenters. The molecule has 158 valence electrons. The molecule has 27 heavy (non-hydrogen) atoms. The lowest BCUT2D eigenvalue weighted by Gasteiger charge is -2.34. The van der Waals surface area contributed by atoms with Gasteiger partial charge < -0.3 is 20.4 Å². The van der Waals surface area contributed by atoms with Gasteiger partial charge in [-0.15, -0.1) is 24.0 Å². The molecule has 1 heterocycles. The van der Waals surface area contributed by atoms with Crippen molar-refractivity contribution in [1.29, 1.82) is 0 Å². The van der Waals surface area contributed by atoms with Crippen LogP contribution in [0.3, 0.4) is 0 Å². The molecule has 0 aromatic carbocycles. The first kappa shape index (κ1) is 24.4. The first-order valence-corrected chi connectivity index (χ1v) is 10.1. The third-order valence-corrected chi connectivity index (χ3v) is 5.87. The predicted molar refractivity (Wildman–Crippen MR) is 123 cm³/mol. The first-order valence-electron chi connectivity index (χ1n) is 10.1. The average Bonchev–Trinajstić information content (AvgIpc) is 3.14. The van der Waals surface area contributed by atoms with E-state index < -0.39 is 0 Å². The molecule has 1 aliphatic heterocycles. The van der Waals surface area contributed by atoms with Crippen LogP contribution in [0, 0.1) is 5.41 Å². The zero-order valence-electron chi connectivity index (χ0n) is 17.6. The maximum absolute atomic E-state index is 12.7. The topological polar surface area (TPSA) is 63.2 Å². The van der Waals surface area contributed by atoms with Crippen LogP contribution in [0.25, 0.3) is 0 Å². The van der Waals surface area contributed by atoms with E-state index in [4.69, 9.17) is 0 Å². The summed E-state index contributed by atoms with van der Waals surface area (Å²) in [6.45, 7) is 10.6. The van der Waals surface area contributed by atoms with Gasteiger partial charge in [0.25, 0.3) is 0 Å². The van der Waals surface area contributed by atoms with Crippen LogP contribution in [0.15, 0.2) is 4.99 Å². The number of carbonyl (C=O) groups is 1. The highest BCUT2D eigenvalue weighted by Gasteiger charge is 2.42. The molecule has 0 unspecified atom stereocenters. The Morgan fingerprint density at radius 2 is 1.67 bits per heavy atom. The maximum atomic E-state index is 12.7. The molecule has 2 fully saturated rings. The van der Waals surface area contributed by atoms with Crippen molar-refractivity contribution in [2.75, 3.05) is 73.5 Å². The van der Waals surface area contributed by atoms with Crippen LogP contribution in [0.4, 0.5) is 0 Å². The van der Waals surface area contributed by atoms with Crippen molar-refractivity contribution >= 4 is 35.8 Å². The molecular weight excluding hydrogens is 455 g/mol. The normalized spacial score (nSPS) is 20.8. The molecule has 0 radical (unpaired) electrons. The van der Waals surface area contributed by atoms with Gasteiger partial charge in [-0.2, -0.15) is 0 Å². The summed E-state index contributed by atoms with van der Waals surface area (Å²) in [7, 11) is 5.51. The largest absolute Gasteiger partial charge is 0.355 e. The number of piperazine rings is 1. The van der Waals surface area contributed by atoms with E-state index in [1.54, 1.807) is 11.9 Å². The highest BCUT2D eigenvalue weighted by Crippen LogP contribution is 2.38. The lowest BCUT2D eigenvalue weighted by molar-refractivity contribution is -0.138. The van der Waals surface area contributed by atoms with E-state index in [0.29, 0.717) is 6.54 Å². The molecule has 2 aliphatic rings. The summed E-state index contributed by atoms with van der Waals surface area (Å²) >= 11 is 0. The van der Waals surface area contributed by atoms with Crippen LogP contribution >= 0.6 is 24.0 Å². The SMILES string of the molecule is CCN1CCN(CCNC(=NC)NCC2(C(=O)N(C)C)CCCC2)CC1.I. The lowest BCUT2D eigenvalue weighted by Crippen LogP contribution is -2.51. The monoisotopic (exact) mass is 494 g/mol. The second-order valence-electron chi connectivity index (χ2n) is 7.82. The number of guanidine groups is 1. The van der Waals surface area contributed by atoms with Gasteiger partial charge in [0.05, 0.1) is 5.41 Å². The third-order valence-electron chi connectivity index (χ3n) is 5.87. The second-order valence-corrected chi connectivity index (χ2v) is 7.82. The molecule has 1 amide bonds. The number of halogens is 1. The molecule has 0 aromatic heterocycles. The van der Waals surface area contributed by atoms with Crippen molar-refractivity contribution in [3.63, 3.8) is 0 Å². The number of aliphatic imine (C=N–C) groups is 1. The van der Waals surface area contributed by atoms with E-state index in [0.717, 1.165) is 64.4 Å². The van der Waals surface area contributed by atoms with E-state index in [-0.39, 0.29) is 35.3 Å². The Balaban J connectivity index is 0.00000364. The van der Waals surface area contributed by atoms with Crippen LogP contribution in [0.5, 0.6) is 0 Å². The van der Waals surface area contributed by atoms with Gasteiger partial charge in [0.15, 0.2) is 5.96 Å². The van der Waals surface area contributed by atoms with Gasteiger partial charge in [0.1, 0.15) is 0 Å². The molecular formula is C19H39IN6O. The fraction of sp³-hybridized carbons (Fsp3) is 0.895. The van der Waals surface area contributed by atoms with E-state index >= 15 is 0 Å². The van der Waals surface area contributed by atoms with Gasteiger partial charge in [0, 0.05) is 67.0 Å². The summed E-state index contributed by atoms with van der Waals surface area (Å²) in [5, 5.41) is 6.82. The molecule has 2 N–H and O–H groups in total. The predicted octanol–water partition coefficient (Wildman–Crippen LogP) is 1.06. The highest BCUT2D eigenvalue weighted by molar-refractivity contribution is 14.0. The number of nitrogens with one attached hydrogen (secondary N) is 2. The maximum Gasteiger partial charge on any atom is 0.230 e. The van der Waals surface area contributed by atoms with Crippen LogP contribution in [-0.4, -0.2) is 100 Å². The minimum Gasteiger partial charge on any atom is -0.355 e. The van der Waals surface area contributed by atoms with Gasteiger partial charge in [-0.25, -0.2) is 0 Å². The Hall–Kier alpha value is -0.610. The van der Waals surface area contributed by atoms with Gasteiger partial charge in [-0.3, -0.25) is 14.7 Å². The summed E-state index contributed by atoms with van der Waals surface area (Å²) in [5.74, 6) is 1.04. The fourth-order valence-electron chi connectivity index (χ4n) is 4.13. The Morgan fingerprint density at radius 3 is 2.19 bits per heavy atom. The minimum atomic E-state index is -0.266. The minimum absolute atomic E-state index is 0. The Labute approximate surface area is 182 Å². The molecule has 2 rings (SSSR count). The summed E-state index contributed by atoms with van der Waals surface area (Å²) in [4.78, 5) is 23.7. The number of hydrogen-bond donors (Lipinski definition) is 2. The molecule has 7 nitrogen and oxygen atoms in total. The van der Waals surface area contributed by atoms with Gasteiger partial charge in [0.2, 0.25) is 5.91 Å². The van der Waals surface area contributed by atoms with Crippen molar-refractivity contribution in [2.45, 2.75) is 32.6 Å². The summed E-state index contributed by atoms with van der Waals surface area (Å²) in [6.07, 6.45) is 4.21. The average molecular weight is 494 g/mol. The van der Waals surface area contributed by atoms with Crippen molar-refractivity contribution in [3.05, 3.63) is 0 Å². The number of carbonyl (C=O) groups excluding carboxylic acids is 1. The number of nitrogens with zero attached hydrogens (tertiary/aromatic N) is 4. The van der Waals surface area contributed by atoms with Crippen LogP contribution in [-0.2, 0) is 4.79 Å². The molecule has 1 saturated heterocycles. The molecule has 1 aliphatic carbocycles. The summed E-state index contributed by atoms with van der Waals surface area (Å²) in [6, 6.07) is 0. The van der Waals surface area contributed by atoms with Gasteiger partial charge in [-0.05, 0) is 19.4 Å². The molecule has 8 heteroatoms. The van der Waals surface area contributed by atoms with Crippen LogP contribution in [0.2, 0.25) is 0 Å². The number of likely N-dealkylation sites (N-methyl/N-ethyl adjacent to an activating group) is 1. The summed E-state index contributed by atoms with van der Waals surface area (Å²) in [5.41, 5.74) is -0.266. The van der Waals surface area contributed by atoms with E-state index in [1.807, 2.05) is 14.1 Å². The van der Waals surface area contributed by atoms with Gasteiger partial charge >= 0.3 is 0 Å². The van der Waals surface area contributed by atoms with Crippen LogP contribution in [0.1, 0.15) is 32.6 Å². The summed E-state index contributed by atoms with van der Waals surface area (Å²) < 4.78 is 0. The molecule has 0 bridgehead atoms. The number of hydrogen-bond acceptors (Lipinski definition) is 4. The Morgan fingerprint density at radius 1 is 1.07 bits per heavy atom. The van der Waals surface area contributed by atoms with Crippen LogP contribution < -0.4 is 10.6 Å². The van der Waals surface area contributed by atoms with E-state index in [9.17, 15) is 4.79 Å². The van der Waals surface area contributed by atoms with Crippen molar-refractivity contribution in [3.8, 4) is 0 Å². The lowest BCUT2D eigenvalue weighted by atomic mass is 9.84. The fourth-order valence-corrected chi connectivity index (χ4v) is 4.13. The van der Waals surface area contributed by atoms with Crippen molar-refractivity contribution in [2.24, 2.45) is 10.4 Å². The second kappa shape index (κ2) is 12.1. The van der Waals surface area contributed by atoms with Crippen molar-refractivity contribution < 1.29 is 4.79 Å². The Bertz CT molecular complexity index is 471. The molecule has 0 aromatic rings. The quantitative estimate of drug-likeness (QED) is 0.315.